The first-order valence-electron chi connectivity index (χ1n) is 7.20. The Hall–Kier alpha value is -3.16. The normalized spacial score (nSPS) is 12.1. The molecule has 2 aromatic rings. The fourth-order valence-corrected chi connectivity index (χ4v) is 1.49. The third kappa shape index (κ3) is 7.21. The average Bonchev–Trinajstić information content (AvgIpc) is 2.57. The number of nitrogens with zero attached hydrogens (tertiary/aromatic N) is 2. The second-order valence-electron chi connectivity index (χ2n) is 4.87. The van der Waals surface area contributed by atoms with E-state index in [4.69, 9.17) is 10.2 Å². The molecular weight excluding hydrogens is 312 g/mol. The first-order chi connectivity index (χ1) is 11.4. The number of hydrogen-bond acceptors (Lipinski definition) is 6. The van der Waals surface area contributed by atoms with Crippen LogP contribution in [-0.4, -0.2) is 44.2 Å². The molecule has 0 aromatic carbocycles. The summed E-state index contributed by atoms with van der Waals surface area (Å²) in [7, 11) is 0. The average molecular weight is 332 g/mol. The van der Waals surface area contributed by atoms with E-state index in [1.807, 2.05) is 0 Å². The lowest BCUT2D eigenvalue weighted by Gasteiger charge is -2.08. The van der Waals surface area contributed by atoms with Crippen molar-refractivity contribution in [3.63, 3.8) is 0 Å². The van der Waals surface area contributed by atoms with E-state index in [1.54, 1.807) is 62.8 Å². The fourth-order valence-electron chi connectivity index (χ4n) is 1.49. The van der Waals surface area contributed by atoms with Gasteiger partial charge in [-0.3, -0.25) is 14.6 Å². The molecule has 0 fully saturated rings. The van der Waals surface area contributed by atoms with Crippen LogP contribution < -0.4 is 10.6 Å². The number of rotatable bonds is 6. The van der Waals surface area contributed by atoms with Gasteiger partial charge in [0.25, 0.3) is 0 Å². The molecule has 128 valence electrons. The number of anilines is 2. The van der Waals surface area contributed by atoms with Crippen LogP contribution in [0.25, 0.3) is 0 Å². The quantitative estimate of drug-likeness (QED) is 0.632. The molecule has 24 heavy (non-hydrogen) atoms. The van der Waals surface area contributed by atoms with Gasteiger partial charge in [-0.25, -0.2) is 4.98 Å². The molecule has 0 aliphatic rings. The van der Waals surface area contributed by atoms with E-state index in [0.717, 1.165) is 0 Å². The molecule has 2 aromatic heterocycles. The Morgan fingerprint density at radius 1 is 0.958 bits per heavy atom. The first kappa shape index (κ1) is 18.9. The lowest BCUT2D eigenvalue weighted by atomic mass is 10.3. The molecule has 8 heteroatoms. The van der Waals surface area contributed by atoms with Crippen molar-refractivity contribution in [2.45, 2.75) is 25.9 Å². The summed E-state index contributed by atoms with van der Waals surface area (Å²) < 4.78 is 0. The van der Waals surface area contributed by atoms with Gasteiger partial charge in [0.1, 0.15) is 17.9 Å². The zero-order valence-electron chi connectivity index (χ0n) is 13.4. The maximum absolute atomic E-state index is 10.4. The van der Waals surface area contributed by atoms with Gasteiger partial charge in [0.2, 0.25) is 0 Å². The number of nitrogens with one attached hydrogen (secondary N) is 2. The SMILES string of the molecule is C[C@H](Nc1ccccn1)C(=O)O.C[C@H](Nc1cccnc1)C(=O)O. The number of pyridine rings is 2. The van der Waals surface area contributed by atoms with E-state index in [1.165, 1.54) is 0 Å². The fraction of sp³-hybridized carbons (Fsp3) is 0.250. The van der Waals surface area contributed by atoms with Crippen LogP contribution in [0.1, 0.15) is 13.8 Å². The second kappa shape index (κ2) is 9.78. The lowest BCUT2D eigenvalue weighted by Crippen LogP contribution is -2.25. The topological polar surface area (TPSA) is 124 Å². The Bertz CT molecular complexity index is 580. The van der Waals surface area contributed by atoms with E-state index >= 15 is 0 Å². The summed E-state index contributed by atoms with van der Waals surface area (Å²) >= 11 is 0. The smallest absolute Gasteiger partial charge is 0.325 e. The standard InChI is InChI=1S/2C8H10N2O2/c1-6(8(11)12)10-7-3-2-4-9-5-7;1-6(8(11)12)10-7-4-2-3-5-9-7/h2-6,10H,1H3,(H,11,12);2-6H,1H3,(H,9,10)(H,11,12)/t2*6-/m00/s1. The first-order valence-corrected chi connectivity index (χ1v) is 7.20. The number of hydrogen-bond donors (Lipinski definition) is 4. The van der Waals surface area contributed by atoms with E-state index < -0.39 is 24.0 Å². The van der Waals surface area contributed by atoms with Crippen molar-refractivity contribution in [1.29, 1.82) is 0 Å². The Balaban J connectivity index is 0.000000240. The predicted octanol–water partition coefficient (Wildman–Crippen LogP) is 1.93. The summed E-state index contributed by atoms with van der Waals surface area (Å²) in [5, 5.41) is 22.6. The van der Waals surface area contributed by atoms with E-state index in [9.17, 15) is 9.59 Å². The van der Waals surface area contributed by atoms with Crippen molar-refractivity contribution >= 4 is 23.4 Å². The molecule has 0 amide bonds. The number of carbonyl (C=O) groups is 2. The zero-order chi connectivity index (χ0) is 17.9. The molecule has 0 saturated carbocycles. The maximum atomic E-state index is 10.4. The second-order valence-corrected chi connectivity index (χ2v) is 4.87. The number of carboxylic acids is 2. The van der Waals surface area contributed by atoms with Crippen LogP contribution in [-0.2, 0) is 9.59 Å². The Morgan fingerprint density at radius 2 is 1.62 bits per heavy atom. The molecule has 0 saturated heterocycles. The molecule has 2 rings (SSSR count). The zero-order valence-corrected chi connectivity index (χ0v) is 13.4. The highest BCUT2D eigenvalue weighted by Crippen LogP contribution is 2.04. The van der Waals surface area contributed by atoms with E-state index in [0.29, 0.717) is 11.5 Å². The Labute approximate surface area is 139 Å². The molecule has 0 spiro atoms. The van der Waals surface area contributed by atoms with Gasteiger partial charge in [-0.1, -0.05) is 6.07 Å². The molecule has 2 heterocycles. The lowest BCUT2D eigenvalue weighted by molar-refractivity contribution is -0.138. The third-order valence-electron chi connectivity index (χ3n) is 2.81. The number of aliphatic carboxylic acids is 2. The van der Waals surface area contributed by atoms with Crippen molar-refractivity contribution in [1.82, 2.24) is 9.97 Å². The van der Waals surface area contributed by atoms with Gasteiger partial charge in [-0.2, -0.15) is 0 Å². The molecule has 0 aliphatic heterocycles. The highest BCUT2D eigenvalue weighted by atomic mass is 16.4. The van der Waals surface area contributed by atoms with Crippen LogP contribution in [0.5, 0.6) is 0 Å². The highest BCUT2D eigenvalue weighted by Gasteiger charge is 2.10. The van der Waals surface area contributed by atoms with Crippen LogP contribution >= 0.6 is 0 Å². The third-order valence-corrected chi connectivity index (χ3v) is 2.81. The molecule has 0 aliphatic carbocycles. The number of carboxylic acid groups (broad SMARTS) is 2. The van der Waals surface area contributed by atoms with Crippen molar-refractivity contribution in [3.8, 4) is 0 Å². The van der Waals surface area contributed by atoms with Gasteiger partial charge in [0, 0.05) is 18.6 Å². The minimum absolute atomic E-state index is 0.576. The van der Waals surface area contributed by atoms with Crippen molar-refractivity contribution in [3.05, 3.63) is 48.9 Å². The van der Waals surface area contributed by atoms with Gasteiger partial charge in [-0.05, 0) is 38.1 Å². The minimum Gasteiger partial charge on any atom is -0.480 e. The summed E-state index contributed by atoms with van der Waals surface area (Å²) in [5.74, 6) is -1.19. The van der Waals surface area contributed by atoms with Crippen molar-refractivity contribution < 1.29 is 19.8 Å². The molecular formula is C16H20N4O4. The van der Waals surface area contributed by atoms with E-state index in [-0.39, 0.29) is 0 Å². The maximum Gasteiger partial charge on any atom is 0.325 e. The monoisotopic (exact) mass is 332 g/mol. The van der Waals surface area contributed by atoms with Crippen LogP contribution in [0.15, 0.2) is 48.9 Å². The van der Waals surface area contributed by atoms with Gasteiger partial charge >= 0.3 is 11.9 Å². The Morgan fingerprint density at radius 3 is 2.12 bits per heavy atom. The minimum atomic E-state index is -0.888. The van der Waals surface area contributed by atoms with E-state index in [2.05, 4.69) is 20.6 Å². The van der Waals surface area contributed by atoms with Gasteiger partial charge in [0.05, 0.1) is 5.69 Å². The van der Waals surface area contributed by atoms with Crippen LogP contribution in [0.4, 0.5) is 11.5 Å². The summed E-state index contributed by atoms with van der Waals surface area (Å²) in [6.45, 7) is 3.15. The summed E-state index contributed by atoms with van der Waals surface area (Å²) in [4.78, 5) is 28.6. The highest BCUT2D eigenvalue weighted by molar-refractivity contribution is 5.76. The molecule has 0 unspecified atom stereocenters. The molecule has 0 bridgehead atoms. The summed E-state index contributed by atoms with van der Waals surface area (Å²) in [6, 6.07) is 7.61. The van der Waals surface area contributed by atoms with Gasteiger partial charge in [-0.15, -0.1) is 0 Å². The summed E-state index contributed by atoms with van der Waals surface area (Å²) in [6.07, 6.45) is 4.83. The van der Waals surface area contributed by atoms with Crippen molar-refractivity contribution in [2.24, 2.45) is 0 Å². The van der Waals surface area contributed by atoms with Crippen LogP contribution in [0, 0.1) is 0 Å². The molecule has 8 nitrogen and oxygen atoms in total. The predicted molar refractivity (Wildman–Crippen MR) is 89.9 cm³/mol. The summed E-state index contributed by atoms with van der Waals surface area (Å²) in [5.41, 5.74) is 0.715. The number of aromatic nitrogens is 2. The molecule has 4 N–H and O–H groups in total. The van der Waals surface area contributed by atoms with Gasteiger partial charge < -0.3 is 20.8 Å². The van der Waals surface area contributed by atoms with Crippen LogP contribution in [0.2, 0.25) is 0 Å². The molecule has 0 radical (unpaired) electrons. The van der Waals surface area contributed by atoms with Crippen LogP contribution in [0.3, 0.4) is 0 Å². The Kier molecular flexibility index (Phi) is 7.69. The van der Waals surface area contributed by atoms with Gasteiger partial charge in [0.15, 0.2) is 0 Å². The largest absolute Gasteiger partial charge is 0.480 e. The molecule has 2 atom stereocenters. The van der Waals surface area contributed by atoms with Crippen molar-refractivity contribution in [2.75, 3.05) is 10.6 Å².